The summed E-state index contributed by atoms with van der Waals surface area (Å²) in [5.74, 6) is 1.96. The number of rotatable bonds is 5. The average Bonchev–Trinajstić information content (AvgIpc) is 3.33. The van der Waals surface area contributed by atoms with Gasteiger partial charge in [0.25, 0.3) is 0 Å². The Kier molecular flexibility index (Phi) is 5.07. The Labute approximate surface area is 174 Å². The largest absolute Gasteiger partial charge is 0.327 e. The smallest absolute Gasteiger partial charge is 0.237 e. The van der Waals surface area contributed by atoms with Crippen LogP contribution < -0.4 is 11.1 Å². The highest BCUT2D eigenvalue weighted by atomic mass is 19.1. The third-order valence-electron chi connectivity index (χ3n) is 5.59. The fourth-order valence-electron chi connectivity index (χ4n) is 4.03. The van der Waals surface area contributed by atoms with Gasteiger partial charge < -0.3 is 20.5 Å². The second kappa shape index (κ2) is 7.56. The first kappa shape index (κ1) is 20.1. The number of fused-ring (bicyclic) bond motifs is 1. The van der Waals surface area contributed by atoms with Gasteiger partial charge in [0.05, 0.1) is 18.3 Å². The zero-order valence-corrected chi connectivity index (χ0v) is 17.4. The summed E-state index contributed by atoms with van der Waals surface area (Å²) in [7, 11) is 0. The molecule has 9 heteroatoms. The Balaban J connectivity index is 1.87. The number of amides is 1. The van der Waals surface area contributed by atoms with E-state index in [-0.39, 0.29) is 18.3 Å². The number of aromatic nitrogens is 4. The summed E-state index contributed by atoms with van der Waals surface area (Å²) >= 11 is 0. The fourth-order valence-corrected chi connectivity index (χ4v) is 4.03. The lowest BCUT2D eigenvalue weighted by Gasteiger charge is -2.42. The Morgan fingerprint density at radius 1 is 1.23 bits per heavy atom. The van der Waals surface area contributed by atoms with E-state index in [1.165, 1.54) is 12.1 Å². The molecule has 0 radical (unpaired) electrons. The quantitative estimate of drug-likeness (QED) is 0.673. The number of anilines is 2. The van der Waals surface area contributed by atoms with E-state index in [9.17, 15) is 9.18 Å². The van der Waals surface area contributed by atoms with Crippen LogP contribution in [0.4, 0.5) is 16.0 Å². The molecule has 3 N–H and O–H groups in total. The molecule has 0 saturated carbocycles. The molecule has 0 atom stereocenters. The SMILES string of the molecule is CCn1nccc1Nc1c(-c2ccc(F)cc2)nc2n1CCN(C(=O)CN)C2(C)C. The Morgan fingerprint density at radius 2 is 1.97 bits per heavy atom. The Hall–Kier alpha value is -3.20. The normalized spacial score (nSPS) is 15.2. The first-order chi connectivity index (χ1) is 14.4. The van der Waals surface area contributed by atoms with E-state index in [0.29, 0.717) is 25.3 Å². The van der Waals surface area contributed by atoms with Crippen LogP contribution in [0.3, 0.4) is 0 Å². The third kappa shape index (κ3) is 3.24. The minimum atomic E-state index is -0.644. The van der Waals surface area contributed by atoms with E-state index in [4.69, 9.17) is 10.7 Å². The van der Waals surface area contributed by atoms with Crippen molar-refractivity contribution in [2.75, 3.05) is 18.4 Å². The van der Waals surface area contributed by atoms with Gasteiger partial charge >= 0.3 is 0 Å². The molecule has 30 heavy (non-hydrogen) atoms. The van der Waals surface area contributed by atoms with E-state index in [2.05, 4.69) is 15.0 Å². The van der Waals surface area contributed by atoms with Crippen LogP contribution >= 0.6 is 0 Å². The molecule has 0 spiro atoms. The maximum Gasteiger partial charge on any atom is 0.237 e. The van der Waals surface area contributed by atoms with Crippen LogP contribution in [0, 0.1) is 5.82 Å². The van der Waals surface area contributed by atoms with Crippen molar-refractivity contribution < 1.29 is 9.18 Å². The number of halogens is 1. The maximum absolute atomic E-state index is 13.5. The molecule has 3 heterocycles. The first-order valence-corrected chi connectivity index (χ1v) is 10.0. The van der Waals surface area contributed by atoms with Crippen molar-refractivity contribution in [3.63, 3.8) is 0 Å². The molecule has 0 bridgehead atoms. The lowest BCUT2D eigenvalue weighted by Crippen LogP contribution is -2.53. The summed E-state index contributed by atoms with van der Waals surface area (Å²) in [6, 6.07) is 8.16. The highest BCUT2D eigenvalue weighted by molar-refractivity contribution is 5.80. The standard InChI is InChI=1S/C21H26FN7O/c1-4-29-16(9-10-24-29)25-19-18(14-5-7-15(22)8-6-14)26-20-21(2,3)28(17(30)13-23)12-11-27(19)20/h5-10,25H,4,11-13,23H2,1-3H3. The van der Waals surface area contributed by atoms with Gasteiger partial charge in [0, 0.05) is 31.3 Å². The lowest BCUT2D eigenvalue weighted by atomic mass is 9.99. The summed E-state index contributed by atoms with van der Waals surface area (Å²) in [6.07, 6.45) is 1.74. The molecule has 8 nitrogen and oxygen atoms in total. The summed E-state index contributed by atoms with van der Waals surface area (Å²) in [4.78, 5) is 19.1. The van der Waals surface area contributed by atoms with Gasteiger partial charge in [0.1, 0.15) is 29.0 Å². The first-order valence-electron chi connectivity index (χ1n) is 10.0. The minimum absolute atomic E-state index is 0.0459. The van der Waals surface area contributed by atoms with Crippen LogP contribution in [0.2, 0.25) is 0 Å². The van der Waals surface area contributed by atoms with Crippen molar-refractivity contribution in [3.05, 3.63) is 48.2 Å². The third-order valence-corrected chi connectivity index (χ3v) is 5.59. The van der Waals surface area contributed by atoms with E-state index >= 15 is 0 Å². The number of nitrogens with zero attached hydrogens (tertiary/aromatic N) is 5. The number of carbonyl (C=O) groups is 1. The van der Waals surface area contributed by atoms with Crippen LogP contribution in [0.25, 0.3) is 11.3 Å². The van der Waals surface area contributed by atoms with Gasteiger partial charge in [-0.2, -0.15) is 5.10 Å². The highest BCUT2D eigenvalue weighted by Crippen LogP contribution is 2.39. The van der Waals surface area contributed by atoms with Crippen molar-refractivity contribution >= 4 is 17.5 Å². The predicted octanol–water partition coefficient (Wildman–Crippen LogP) is 2.69. The van der Waals surface area contributed by atoms with E-state index < -0.39 is 5.54 Å². The number of carbonyl (C=O) groups excluding carboxylic acids is 1. The van der Waals surface area contributed by atoms with Gasteiger partial charge in [0.2, 0.25) is 5.91 Å². The van der Waals surface area contributed by atoms with Gasteiger partial charge in [0.15, 0.2) is 0 Å². The molecule has 4 rings (SSSR count). The molecular weight excluding hydrogens is 385 g/mol. The van der Waals surface area contributed by atoms with Gasteiger partial charge in [-0.05, 0) is 45.0 Å². The Morgan fingerprint density at radius 3 is 2.63 bits per heavy atom. The second-order valence-electron chi connectivity index (χ2n) is 7.76. The van der Waals surface area contributed by atoms with Crippen LogP contribution in [-0.2, 0) is 23.4 Å². The zero-order valence-electron chi connectivity index (χ0n) is 17.4. The van der Waals surface area contributed by atoms with Crippen molar-refractivity contribution in [1.29, 1.82) is 0 Å². The number of hydrogen-bond donors (Lipinski definition) is 2. The molecule has 0 aliphatic carbocycles. The number of nitrogens with two attached hydrogens (primary N) is 1. The van der Waals surface area contributed by atoms with Crippen LogP contribution in [-0.4, -0.2) is 43.2 Å². The average molecular weight is 411 g/mol. The topological polar surface area (TPSA) is 94.0 Å². The molecule has 1 aliphatic rings. The number of hydrogen-bond acceptors (Lipinski definition) is 5. The molecule has 1 amide bonds. The molecule has 158 valence electrons. The Bertz CT molecular complexity index is 1070. The summed E-state index contributed by atoms with van der Waals surface area (Å²) in [5, 5.41) is 7.79. The van der Waals surface area contributed by atoms with Crippen LogP contribution in [0.15, 0.2) is 36.5 Å². The van der Waals surface area contributed by atoms with Crippen LogP contribution in [0.5, 0.6) is 0 Å². The summed E-state index contributed by atoms with van der Waals surface area (Å²) in [5.41, 5.74) is 6.47. The molecule has 2 aromatic heterocycles. The van der Waals surface area contributed by atoms with Crippen molar-refractivity contribution in [2.45, 2.75) is 39.4 Å². The number of benzene rings is 1. The summed E-state index contributed by atoms with van der Waals surface area (Å²) in [6.45, 7) is 7.71. The van der Waals surface area contributed by atoms with Crippen molar-refractivity contribution in [1.82, 2.24) is 24.2 Å². The predicted molar refractivity (Wildman–Crippen MR) is 113 cm³/mol. The van der Waals surface area contributed by atoms with E-state index in [1.54, 1.807) is 23.2 Å². The summed E-state index contributed by atoms with van der Waals surface area (Å²) < 4.78 is 17.5. The molecule has 1 aliphatic heterocycles. The number of imidazole rings is 1. The molecular formula is C21H26FN7O. The fraction of sp³-hybridized carbons (Fsp3) is 0.381. The molecule has 0 unspecified atom stereocenters. The molecule has 0 fully saturated rings. The highest BCUT2D eigenvalue weighted by Gasteiger charge is 2.41. The van der Waals surface area contributed by atoms with E-state index in [0.717, 1.165) is 23.0 Å². The van der Waals surface area contributed by atoms with Crippen molar-refractivity contribution in [3.8, 4) is 11.3 Å². The second-order valence-corrected chi connectivity index (χ2v) is 7.76. The maximum atomic E-state index is 13.5. The van der Waals surface area contributed by atoms with Gasteiger partial charge in [-0.1, -0.05) is 0 Å². The van der Waals surface area contributed by atoms with Gasteiger partial charge in [-0.3, -0.25) is 4.79 Å². The number of nitrogens with one attached hydrogen (secondary N) is 1. The molecule has 1 aromatic carbocycles. The number of aryl methyl sites for hydroxylation is 1. The van der Waals surface area contributed by atoms with E-state index in [1.807, 2.05) is 31.5 Å². The monoisotopic (exact) mass is 411 g/mol. The van der Waals surface area contributed by atoms with Gasteiger partial charge in [-0.25, -0.2) is 14.1 Å². The zero-order chi connectivity index (χ0) is 21.5. The molecule has 3 aromatic rings. The minimum Gasteiger partial charge on any atom is -0.327 e. The van der Waals surface area contributed by atoms with Crippen LogP contribution in [0.1, 0.15) is 26.6 Å². The van der Waals surface area contributed by atoms with Gasteiger partial charge in [-0.15, -0.1) is 0 Å². The molecule has 0 saturated heterocycles. The lowest BCUT2D eigenvalue weighted by molar-refractivity contribution is -0.137. The van der Waals surface area contributed by atoms with Crippen molar-refractivity contribution in [2.24, 2.45) is 5.73 Å².